The number of ether oxygens (including phenoxy) is 2. The molecule has 0 bridgehead atoms. The molecule has 11 nitrogen and oxygen atoms in total. The van der Waals surface area contributed by atoms with Crippen molar-refractivity contribution in [2.45, 2.75) is 24.4 Å². The fourth-order valence-electron chi connectivity index (χ4n) is 3.58. The summed E-state index contributed by atoms with van der Waals surface area (Å²) in [5.41, 5.74) is -0.804. The van der Waals surface area contributed by atoms with E-state index in [2.05, 4.69) is 20.3 Å². The number of nitrogens with zero attached hydrogens (tertiary/aromatic N) is 4. The number of hydrogen-bond acceptors (Lipinski definition) is 9. The number of nitrogens with one attached hydrogen (secondary N) is 1. The molecule has 1 saturated heterocycles. The van der Waals surface area contributed by atoms with Crippen molar-refractivity contribution in [3.8, 4) is 0 Å². The van der Waals surface area contributed by atoms with Crippen LogP contribution in [0.3, 0.4) is 0 Å². The lowest BCUT2D eigenvalue weighted by molar-refractivity contribution is -0.150. The topological polar surface area (TPSA) is 149 Å². The van der Waals surface area contributed by atoms with Crippen LogP contribution in [0.2, 0.25) is 0 Å². The maximum Gasteiger partial charge on any atom is 0.256 e. The molecule has 0 unspecified atom stereocenters. The van der Waals surface area contributed by atoms with Gasteiger partial charge in [0.25, 0.3) is 5.91 Å². The quantitative estimate of drug-likeness (QED) is 0.484. The average Bonchev–Trinajstić information content (AvgIpc) is 3.36. The van der Waals surface area contributed by atoms with E-state index in [4.69, 9.17) is 9.47 Å². The molecule has 3 aromatic rings. The maximum atomic E-state index is 12.5. The number of aliphatic hydroxyl groups is 2. The van der Waals surface area contributed by atoms with E-state index in [0.717, 1.165) is 0 Å². The Bertz CT molecular complexity index is 1100. The predicted molar refractivity (Wildman–Crippen MR) is 107 cm³/mol. The van der Waals surface area contributed by atoms with Gasteiger partial charge in [-0.1, -0.05) is 18.2 Å². The average molecular weight is 427 g/mol. The largest absolute Gasteiger partial charge is 0.394 e. The van der Waals surface area contributed by atoms with Crippen molar-refractivity contribution in [2.24, 2.45) is 0 Å². The molecule has 1 aromatic carbocycles. The van der Waals surface area contributed by atoms with Crippen LogP contribution < -0.4 is 5.32 Å². The van der Waals surface area contributed by atoms with Gasteiger partial charge in [-0.2, -0.15) is 0 Å². The van der Waals surface area contributed by atoms with E-state index >= 15 is 0 Å². The second-order valence-electron chi connectivity index (χ2n) is 7.11. The van der Waals surface area contributed by atoms with Crippen molar-refractivity contribution in [3.05, 3.63) is 48.5 Å². The Hall–Kier alpha value is -3.25. The van der Waals surface area contributed by atoms with Gasteiger partial charge in [-0.15, -0.1) is 0 Å². The van der Waals surface area contributed by atoms with Gasteiger partial charge in [-0.25, -0.2) is 15.0 Å². The highest BCUT2D eigenvalue weighted by atomic mass is 16.5. The minimum Gasteiger partial charge on any atom is -0.394 e. The number of fused-ring (bicyclic) bond motifs is 1. The highest BCUT2D eigenvalue weighted by molar-refractivity contribution is 6.06. The Balaban J connectivity index is 1.62. The molecule has 4 rings (SSSR count). The first-order valence-corrected chi connectivity index (χ1v) is 9.52. The van der Waals surface area contributed by atoms with E-state index in [0.29, 0.717) is 16.7 Å². The summed E-state index contributed by atoms with van der Waals surface area (Å²) in [7, 11) is 1.34. The molecule has 0 aliphatic carbocycles. The summed E-state index contributed by atoms with van der Waals surface area (Å²) < 4.78 is 12.1. The van der Waals surface area contributed by atoms with Crippen LogP contribution in [0.15, 0.2) is 43.0 Å². The Morgan fingerprint density at radius 1 is 1.29 bits per heavy atom. The van der Waals surface area contributed by atoms with Gasteiger partial charge in [0.15, 0.2) is 28.4 Å². The second kappa shape index (κ2) is 8.47. The summed E-state index contributed by atoms with van der Waals surface area (Å²) in [6, 6.07) is 8.65. The molecule has 162 valence electrons. The van der Waals surface area contributed by atoms with Crippen LogP contribution in [0.4, 0.5) is 5.82 Å². The van der Waals surface area contributed by atoms with Gasteiger partial charge in [-0.3, -0.25) is 14.2 Å². The number of anilines is 1. The number of ketones is 1. The normalized spacial score (nSPS) is 23.2. The summed E-state index contributed by atoms with van der Waals surface area (Å²) in [6.45, 7) is -0.867. The monoisotopic (exact) mass is 427 g/mol. The van der Waals surface area contributed by atoms with Crippen molar-refractivity contribution in [2.75, 3.05) is 25.6 Å². The third-order valence-corrected chi connectivity index (χ3v) is 5.20. The molecule has 1 aliphatic rings. The predicted octanol–water partition coefficient (Wildman–Crippen LogP) is 0.305. The molecule has 3 heterocycles. The van der Waals surface area contributed by atoms with Crippen molar-refractivity contribution < 1.29 is 29.3 Å². The maximum absolute atomic E-state index is 12.5. The number of amides is 1. The van der Waals surface area contributed by atoms with Gasteiger partial charge >= 0.3 is 0 Å². The van der Waals surface area contributed by atoms with Gasteiger partial charge in [0.1, 0.15) is 25.3 Å². The lowest BCUT2D eigenvalue weighted by Crippen LogP contribution is -2.49. The molecule has 3 N–H and O–H groups in total. The smallest absolute Gasteiger partial charge is 0.256 e. The molecule has 1 fully saturated rings. The van der Waals surface area contributed by atoms with Crippen LogP contribution in [-0.4, -0.2) is 73.5 Å². The van der Waals surface area contributed by atoms with Gasteiger partial charge in [-0.05, 0) is 12.1 Å². The summed E-state index contributed by atoms with van der Waals surface area (Å²) >= 11 is 0. The molecule has 31 heavy (non-hydrogen) atoms. The summed E-state index contributed by atoms with van der Waals surface area (Å²) in [6.07, 6.45) is 0.615. The van der Waals surface area contributed by atoms with Crippen molar-refractivity contribution >= 4 is 28.7 Å². The SMILES string of the molecule is COCC(=O)[C@]1(O)C[C@H](n2cnc3c(NC(=O)c4ccccc4)ncnc32)O[C@@H]1CO. The van der Waals surface area contributed by atoms with E-state index in [-0.39, 0.29) is 24.8 Å². The highest BCUT2D eigenvalue weighted by Gasteiger charge is 2.53. The van der Waals surface area contributed by atoms with Crippen LogP contribution in [0.1, 0.15) is 23.0 Å². The van der Waals surface area contributed by atoms with Crippen molar-refractivity contribution in [3.63, 3.8) is 0 Å². The lowest BCUT2D eigenvalue weighted by Gasteiger charge is -2.24. The molecule has 0 radical (unpaired) electrons. The van der Waals surface area contributed by atoms with E-state index < -0.39 is 30.3 Å². The van der Waals surface area contributed by atoms with Crippen molar-refractivity contribution in [1.82, 2.24) is 19.5 Å². The van der Waals surface area contributed by atoms with E-state index in [1.54, 1.807) is 30.3 Å². The minimum atomic E-state index is -1.91. The summed E-state index contributed by atoms with van der Waals surface area (Å²) in [5, 5.41) is 23.2. The Labute approximate surface area is 176 Å². The lowest BCUT2D eigenvalue weighted by atomic mass is 9.90. The van der Waals surface area contributed by atoms with Crippen LogP contribution in [0, 0.1) is 0 Å². The zero-order valence-electron chi connectivity index (χ0n) is 16.6. The number of carbonyl (C=O) groups excluding carboxylic acids is 2. The first kappa shape index (κ1) is 21.0. The zero-order valence-corrected chi connectivity index (χ0v) is 16.6. The number of benzene rings is 1. The molecule has 1 aliphatic heterocycles. The van der Waals surface area contributed by atoms with Gasteiger partial charge in [0.05, 0.1) is 12.9 Å². The van der Waals surface area contributed by atoms with Crippen LogP contribution in [0.25, 0.3) is 11.2 Å². The minimum absolute atomic E-state index is 0.123. The molecule has 0 saturated carbocycles. The number of methoxy groups -OCH3 is 1. The number of Topliss-reactive ketones (excluding diaryl/α,β-unsaturated/α-hetero) is 1. The summed E-state index contributed by atoms with van der Waals surface area (Å²) in [4.78, 5) is 37.4. The fraction of sp³-hybridized carbons (Fsp3) is 0.350. The standard InChI is InChI=1S/C20H21N5O6/c1-30-9-13(27)20(29)7-15(31-14(20)8-26)25-11-23-16-17(21-10-22-18(16)25)24-19(28)12-5-3-2-4-6-12/h2-6,10-11,14-15,26,29H,7-9H2,1H3,(H,21,22,24,28)/t14-,15-,20-/m1/s1. The Kier molecular flexibility index (Phi) is 5.74. The summed E-state index contributed by atoms with van der Waals surface area (Å²) in [5.74, 6) is -0.737. The molecular weight excluding hydrogens is 406 g/mol. The van der Waals surface area contributed by atoms with Crippen molar-refractivity contribution in [1.29, 1.82) is 0 Å². The van der Waals surface area contributed by atoms with E-state index in [9.17, 15) is 19.8 Å². The molecule has 0 spiro atoms. The zero-order chi connectivity index (χ0) is 22.0. The molecule has 1 amide bonds. The van der Waals surface area contributed by atoms with Gasteiger partial charge in [0.2, 0.25) is 0 Å². The van der Waals surface area contributed by atoms with E-state index in [1.165, 1.54) is 24.3 Å². The number of carbonyl (C=O) groups is 2. The molecular formula is C20H21N5O6. The molecule has 2 aromatic heterocycles. The first-order valence-electron chi connectivity index (χ1n) is 9.52. The third-order valence-electron chi connectivity index (χ3n) is 5.20. The number of aromatic nitrogens is 4. The molecule has 11 heteroatoms. The second-order valence-corrected chi connectivity index (χ2v) is 7.11. The van der Waals surface area contributed by atoms with Gasteiger partial charge < -0.3 is 25.0 Å². The highest BCUT2D eigenvalue weighted by Crippen LogP contribution is 2.38. The molecule has 3 atom stereocenters. The number of rotatable bonds is 7. The Morgan fingerprint density at radius 2 is 2.06 bits per heavy atom. The number of hydrogen-bond donors (Lipinski definition) is 3. The van der Waals surface area contributed by atoms with Gasteiger partial charge in [0, 0.05) is 19.1 Å². The number of imidazole rings is 1. The Morgan fingerprint density at radius 3 is 2.77 bits per heavy atom. The fourth-order valence-corrected chi connectivity index (χ4v) is 3.58. The first-order chi connectivity index (χ1) is 15.0. The van der Waals surface area contributed by atoms with Crippen LogP contribution in [0.5, 0.6) is 0 Å². The van der Waals surface area contributed by atoms with Crippen LogP contribution in [-0.2, 0) is 14.3 Å². The van der Waals surface area contributed by atoms with E-state index in [1.807, 2.05) is 0 Å². The van der Waals surface area contributed by atoms with Crippen LogP contribution >= 0.6 is 0 Å². The third kappa shape index (κ3) is 3.79. The number of aliphatic hydroxyl groups excluding tert-OH is 1.